The number of aliphatic hydroxyl groups excluding tert-OH is 1. The summed E-state index contributed by atoms with van der Waals surface area (Å²) in [4.78, 5) is 30.3. The van der Waals surface area contributed by atoms with E-state index in [0.29, 0.717) is 30.9 Å². The van der Waals surface area contributed by atoms with E-state index in [1.54, 1.807) is 23.1 Å². The molecule has 3 rings (SSSR count). The van der Waals surface area contributed by atoms with Gasteiger partial charge in [0.1, 0.15) is 6.10 Å². The minimum atomic E-state index is -0.941. The van der Waals surface area contributed by atoms with Gasteiger partial charge in [0.2, 0.25) is 0 Å². The smallest absolute Gasteiger partial charge is 0.335 e. The van der Waals surface area contributed by atoms with Gasteiger partial charge >= 0.3 is 5.97 Å². The molecule has 1 aliphatic heterocycles. The number of ether oxygens (including phenoxy) is 1. The van der Waals surface area contributed by atoms with Crippen LogP contribution in [0.25, 0.3) is 0 Å². The number of hydrogen-bond acceptors (Lipinski definition) is 6. The highest BCUT2D eigenvalue weighted by molar-refractivity contribution is 5.99. The van der Waals surface area contributed by atoms with Crippen LogP contribution >= 0.6 is 0 Å². The molecule has 0 radical (unpaired) electrons. The zero-order chi connectivity index (χ0) is 25.0. The first-order chi connectivity index (χ1) is 16.1. The van der Waals surface area contributed by atoms with Crippen LogP contribution in [0.15, 0.2) is 42.5 Å². The Morgan fingerprint density at radius 2 is 1.85 bits per heavy atom. The zero-order valence-electron chi connectivity index (χ0n) is 20.6. The third kappa shape index (κ3) is 5.69. The molecule has 0 spiro atoms. The summed E-state index contributed by atoms with van der Waals surface area (Å²) in [6, 6.07) is 12.1. The highest BCUT2D eigenvalue weighted by Gasteiger charge is 2.34. The number of benzene rings is 2. The summed E-state index contributed by atoms with van der Waals surface area (Å²) < 4.78 is 6.56. The van der Waals surface area contributed by atoms with Crippen molar-refractivity contribution in [2.75, 3.05) is 45.7 Å². The van der Waals surface area contributed by atoms with Gasteiger partial charge in [-0.05, 0) is 43.8 Å². The third-order valence-electron chi connectivity index (χ3n) is 6.30. The molecule has 1 heterocycles. The Kier molecular flexibility index (Phi) is 8.17. The predicted molar refractivity (Wildman–Crippen MR) is 132 cm³/mol. The number of amides is 1. The molecule has 0 saturated heterocycles. The molecule has 2 aromatic rings. The summed E-state index contributed by atoms with van der Waals surface area (Å²) >= 11 is 0. The third-order valence-corrected chi connectivity index (χ3v) is 6.30. The molecule has 184 valence electrons. The molecule has 2 aromatic carbocycles. The first kappa shape index (κ1) is 25.5. The SMILES string of the molecule is C[C@H]1CN([C@@H](C)CO)C(=O)c2cccc(N(C)C)c2O[C@@H]1CN(C)Cc1ccc(C(=O)O)cc1. The molecule has 1 amide bonds. The monoisotopic (exact) mass is 469 g/mol. The first-order valence-corrected chi connectivity index (χ1v) is 11.5. The number of nitrogens with zero attached hydrogens (tertiary/aromatic N) is 3. The maximum atomic E-state index is 13.4. The van der Waals surface area contributed by atoms with Gasteiger partial charge in [0, 0.05) is 39.6 Å². The number of para-hydroxylation sites is 1. The van der Waals surface area contributed by atoms with Crippen molar-refractivity contribution in [1.82, 2.24) is 9.80 Å². The molecule has 8 heteroatoms. The van der Waals surface area contributed by atoms with Crippen molar-refractivity contribution in [3.05, 3.63) is 59.2 Å². The fourth-order valence-electron chi connectivity index (χ4n) is 4.23. The first-order valence-electron chi connectivity index (χ1n) is 11.5. The minimum Gasteiger partial charge on any atom is -0.486 e. The number of anilines is 1. The molecule has 0 bridgehead atoms. The van der Waals surface area contributed by atoms with Gasteiger partial charge in [-0.1, -0.05) is 25.1 Å². The summed E-state index contributed by atoms with van der Waals surface area (Å²) in [5.74, 6) is -0.512. The molecule has 34 heavy (non-hydrogen) atoms. The van der Waals surface area contributed by atoms with Crippen molar-refractivity contribution in [3.8, 4) is 5.75 Å². The molecule has 0 unspecified atom stereocenters. The van der Waals surface area contributed by atoms with Crippen LogP contribution in [0.3, 0.4) is 0 Å². The van der Waals surface area contributed by atoms with Crippen LogP contribution < -0.4 is 9.64 Å². The Labute approximate surface area is 201 Å². The number of aliphatic hydroxyl groups is 1. The van der Waals surface area contributed by atoms with E-state index in [4.69, 9.17) is 9.84 Å². The Hall–Kier alpha value is -3.10. The summed E-state index contributed by atoms with van der Waals surface area (Å²) in [5, 5.41) is 18.9. The number of carbonyl (C=O) groups excluding carboxylic acids is 1. The van der Waals surface area contributed by atoms with Gasteiger partial charge in [0.25, 0.3) is 5.91 Å². The molecular weight excluding hydrogens is 434 g/mol. The van der Waals surface area contributed by atoms with Crippen LogP contribution in [0.2, 0.25) is 0 Å². The van der Waals surface area contributed by atoms with E-state index < -0.39 is 5.97 Å². The second kappa shape index (κ2) is 10.9. The lowest BCUT2D eigenvalue weighted by atomic mass is 9.98. The van der Waals surface area contributed by atoms with Crippen LogP contribution in [0.5, 0.6) is 5.75 Å². The topological polar surface area (TPSA) is 93.6 Å². The number of carbonyl (C=O) groups is 2. The van der Waals surface area contributed by atoms with E-state index >= 15 is 0 Å². The number of fused-ring (bicyclic) bond motifs is 1. The second-order valence-electron chi connectivity index (χ2n) is 9.37. The van der Waals surface area contributed by atoms with E-state index in [1.165, 1.54) is 0 Å². The summed E-state index contributed by atoms with van der Waals surface area (Å²) in [5.41, 5.74) is 2.59. The fourth-order valence-corrected chi connectivity index (χ4v) is 4.23. The van der Waals surface area contributed by atoms with Crippen molar-refractivity contribution in [1.29, 1.82) is 0 Å². The summed E-state index contributed by atoms with van der Waals surface area (Å²) in [7, 11) is 5.83. The van der Waals surface area contributed by atoms with Crippen molar-refractivity contribution >= 4 is 17.6 Å². The number of likely N-dealkylation sites (N-methyl/N-ethyl adjacent to an activating group) is 1. The van der Waals surface area contributed by atoms with E-state index in [1.807, 2.05) is 57.2 Å². The molecular formula is C26H35N3O5. The number of carboxylic acids is 1. The van der Waals surface area contributed by atoms with Gasteiger partial charge in [0.15, 0.2) is 5.75 Å². The molecule has 1 aliphatic rings. The fraction of sp³-hybridized carbons (Fsp3) is 0.462. The van der Waals surface area contributed by atoms with Crippen molar-refractivity contribution < 1.29 is 24.5 Å². The van der Waals surface area contributed by atoms with E-state index in [9.17, 15) is 14.7 Å². The molecule has 0 fully saturated rings. The number of rotatable bonds is 8. The van der Waals surface area contributed by atoms with Crippen LogP contribution in [0.4, 0.5) is 5.69 Å². The zero-order valence-corrected chi connectivity index (χ0v) is 20.6. The lowest BCUT2D eigenvalue weighted by Crippen LogP contribution is -2.49. The molecule has 8 nitrogen and oxygen atoms in total. The Morgan fingerprint density at radius 1 is 1.18 bits per heavy atom. The Morgan fingerprint density at radius 3 is 2.44 bits per heavy atom. The largest absolute Gasteiger partial charge is 0.486 e. The highest BCUT2D eigenvalue weighted by Crippen LogP contribution is 2.36. The van der Waals surface area contributed by atoms with Crippen LogP contribution in [-0.2, 0) is 6.54 Å². The molecule has 3 atom stereocenters. The minimum absolute atomic E-state index is 0.0122. The number of hydrogen-bond donors (Lipinski definition) is 2. The molecule has 2 N–H and O–H groups in total. The van der Waals surface area contributed by atoms with E-state index in [2.05, 4.69) is 11.8 Å². The quantitative estimate of drug-likeness (QED) is 0.614. The van der Waals surface area contributed by atoms with Gasteiger partial charge in [0.05, 0.1) is 29.5 Å². The van der Waals surface area contributed by atoms with Gasteiger partial charge in [-0.3, -0.25) is 9.69 Å². The van der Waals surface area contributed by atoms with Gasteiger partial charge in [-0.2, -0.15) is 0 Å². The predicted octanol–water partition coefficient (Wildman–Crippen LogP) is 2.80. The normalized spacial score (nSPS) is 19.1. The molecule has 0 aromatic heterocycles. The van der Waals surface area contributed by atoms with Gasteiger partial charge < -0.3 is 24.7 Å². The van der Waals surface area contributed by atoms with Crippen LogP contribution in [0, 0.1) is 5.92 Å². The number of carboxylic acid groups (broad SMARTS) is 1. The van der Waals surface area contributed by atoms with Crippen molar-refractivity contribution in [2.24, 2.45) is 5.92 Å². The summed E-state index contributed by atoms with van der Waals surface area (Å²) in [6.07, 6.45) is -0.204. The van der Waals surface area contributed by atoms with Gasteiger partial charge in [-0.25, -0.2) is 4.79 Å². The summed E-state index contributed by atoms with van der Waals surface area (Å²) in [6.45, 7) is 5.51. The standard InChI is InChI=1S/C26H35N3O5/c1-17-13-29(18(2)16-30)25(31)21-7-6-8-22(27(3)4)24(21)34-23(17)15-28(5)14-19-9-11-20(12-10-19)26(32)33/h6-12,17-18,23,30H,13-16H2,1-5H3,(H,32,33)/t17-,18-,23+/m0/s1. The molecule has 0 saturated carbocycles. The van der Waals surface area contributed by atoms with E-state index in [-0.39, 0.29) is 36.1 Å². The van der Waals surface area contributed by atoms with Crippen LogP contribution in [-0.4, -0.2) is 84.9 Å². The Balaban J connectivity index is 1.89. The lowest BCUT2D eigenvalue weighted by Gasteiger charge is -2.39. The Bertz CT molecular complexity index is 1010. The lowest BCUT2D eigenvalue weighted by molar-refractivity contribution is 0.0343. The maximum Gasteiger partial charge on any atom is 0.335 e. The van der Waals surface area contributed by atoms with Gasteiger partial charge in [-0.15, -0.1) is 0 Å². The number of aromatic carboxylic acids is 1. The van der Waals surface area contributed by atoms with E-state index in [0.717, 1.165) is 11.3 Å². The second-order valence-corrected chi connectivity index (χ2v) is 9.37. The van der Waals surface area contributed by atoms with Crippen molar-refractivity contribution in [3.63, 3.8) is 0 Å². The van der Waals surface area contributed by atoms with Crippen LogP contribution in [0.1, 0.15) is 40.1 Å². The molecule has 0 aliphatic carbocycles. The highest BCUT2D eigenvalue weighted by atomic mass is 16.5. The average molecular weight is 470 g/mol. The van der Waals surface area contributed by atoms with Crippen molar-refractivity contribution in [2.45, 2.75) is 32.5 Å². The maximum absolute atomic E-state index is 13.4. The average Bonchev–Trinajstić information content (AvgIpc) is 2.80.